The average molecular weight is 391 g/mol. The van der Waals surface area contributed by atoms with Crippen LogP contribution in [0.1, 0.15) is 17.1 Å². The molecule has 0 bridgehead atoms. The Morgan fingerprint density at radius 3 is 2.77 bits per heavy atom. The van der Waals surface area contributed by atoms with Crippen LogP contribution in [0.2, 0.25) is 5.02 Å². The molecule has 1 amide bonds. The van der Waals surface area contributed by atoms with Crippen LogP contribution in [0.5, 0.6) is 5.75 Å². The van der Waals surface area contributed by atoms with Crippen LogP contribution < -0.4 is 10.1 Å². The molecule has 2 heterocycles. The zero-order valence-corrected chi connectivity index (χ0v) is 16.1. The minimum atomic E-state index is -0.172. The molecule has 6 nitrogen and oxygen atoms in total. The quantitative estimate of drug-likeness (QED) is 0.671. The fourth-order valence-electron chi connectivity index (χ4n) is 2.39. The fraction of sp³-hybridized carbons (Fsp3) is 0.278. The van der Waals surface area contributed by atoms with Crippen molar-refractivity contribution in [3.05, 3.63) is 57.8 Å². The van der Waals surface area contributed by atoms with Gasteiger partial charge in [-0.2, -0.15) is 5.10 Å². The number of benzene rings is 1. The minimum Gasteiger partial charge on any atom is -0.484 e. The molecular weight excluding hydrogens is 372 g/mol. The van der Waals surface area contributed by atoms with Crippen molar-refractivity contribution in [2.24, 2.45) is 0 Å². The van der Waals surface area contributed by atoms with Crippen molar-refractivity contribution < 1.29 is 9.53 Å². The van der Waals surface area contributed by atoms with E-state index in [1.807, 2.05) is 30.0 Å². The molecule has 0 unspecified atom stereocenters. The first-order valence-corrected chi connectivity index (χ1v) is 9.40. The van der Waals surface area contributed by atoms with Crippen molar-refractivity contribution in [2.45, 2.75) is 20.3 Å². The summed E-state index contributed by atoms with van der Waals surface area (Å²) in [6.45, 7) is 4.43. The summed E-state index contributed by atoms with van der Waals surface area (Å²) in [5.74, 6) is 0.438. The second-order valence-corrected chi connectivity index (χ2v) is 7.08. The molecule has 3 rings (SSSR count). The van der Waals surface area contributed by atoms with Crippen LogP contribution in [0.3, 0.4) is 0 Å². The van der Waals surface area contributed by atoms with Crippen molar-refractivity contribution >= 4 is 28.8 Å². The fourth-order valence-corrected chi connectivity index (χ4v) is 3.38. The van der Waals surface area contributed by atoms with Crippen LogP contribution in [0.25, 0.3) is 5.13 Å². The van der Waals surface area contributed by atoms with Gasteiger partial charge in [-0.25, -0.2) is 9.67 Å². The number of ether oxygens (including phenoxy) is 1. The Morgan fingerprint density at radius 2 is 2.08 bits per heavy atom. The Hall–Kier alpha value is -2.38. The summed E-state index contributed by atoms with van der Waals surface area (Å²) in [7, 11) is 0. The highest BCUT2D eigenvalue weighted by Gasteiger charge is 2.09. The van der Waals surface area contributed by atoms with E-state index < -0.39 is 0 Å². The Bertz CT molecular complexity index is 889. The van der Waals surface area contributed by atoms with E-state index in [1.165, 1.54) is 11.3 Å². The van der Waals surface area contributed by atoms with Gasteiger partial charge in [0.05, 0.1) is 11.4 Å². The summed E-state index contributed by atoms with van der Waals surface area (Å²) < 4.78 is 7.24. The highest BCUT2D eigenvalue weighted by Crippen LogP contribution is 2.17. The molecule has 0 atom stereocenters. The van der Waals surface area contributed by atoms with E-state index in [0.717, 1.165) is 22.2 Å². The maximum Gasteiger partial charge on any atom is 0.257 e. The van der Waals surface area contributed by atoms with Gasteiger partial charge >= 0.3 is 0 Å². The number of amides is 1. The lowest BCUT2D eigenvalue weighted by Gasteiger charge is -2.07. The monoisotopic (exact) mass is 390 g/mol. The van der Waals surface area contributed by atoms with Crippen LogP contribution in [0.15, 0.2) is 35.7 Å². The number of nitrogens with one attached hydrogen (secondary N) is 1. The molecule has 0 aliphatic heterocycles. The van der Waals surface area contributed by atoms with E-state index in [-0.39, 0.29) is 12.5 Å². The molecule has 0 saturated carbocycles. The molecule has 0 spiro atoms. The van der Waals surface area contributed by atoms with Crippen LogP contribution in [-0.4, -0.2) is 33.8 Å². The third-order valence-electron chi connectivity index (χ3n) is 3.62. The first kappa shape index (κ1) is 18.4. The van der Waals surface area contributed by atoms with Gasteiger partial charge in [-0.1, -0.05) is 11.6 Å². The third kappa shape index (κ3) is 4.83. The van der Waals surface area contributed by atoms with Crippen molar-refractivity contribution in [3.8, 4) is 10.9 Å². The van der Waals surface area contributed by atoms with Gasteiger partial charge in [0, 0.05) is 29.1 Å². The van der Waals surface area contributed by atoms with E-state index in [4.69, 9.17) is 16.3 Å². The maximum atomic E-state index is 11.9. The van der Waals surface area contributed by atoms with Gasteiger partial charge < -0.3 is 10.1 Å². The van der Waals surface area contributed by atoms with E-state index in [2.05, 4.69) is 15.4 Å². The summed E-state index contributed by atoms with van der Waals surface area (Å²) in [6.07, 6.45) is 0.655. The van der Waals surface area contributed by atoms with Gasteiger partial charge in [0.1, 0.15) is 5.75 Å². The van der Waals surface area contributed by atoms with Gasteiger partial charge in [0.25, 0.3) is 5.91 Å². The largest absolute Gasteiger partial charge is 0.484 e. The topological polar surface area (TPSA) is 69.0 Å². The lowest BCUT2D eigenvalue weighted by Crippen LogP contribution is -2.30. The van der Waals surface area contributed by atoms with Gasteiger partial charge in [-0.15, -0.1) is 11.3 Å². The Labute approximate surface area is 160 Å². The van der Waals surface area contributed by atoms with E-state index in [1.54, 1.807) is 24.3 Å². The summed E-state index contributed by atoms with van der Waals surface area (Å²) in [4.78, 5) is 16.4. The Balaban J connectivity index is 1.44. The predicted octanol–water partition coefficient (Wildman–Crippen LogP) is 3.34. The molecular formula is C18H19ClN4O2S. The highest BCUT2D eigenvalue weighted by molar-refractivity contribution is 7.12. The average Bonchev–Trinajstić information content (AvgIpc) is 3.20. The van der Waals surface area contributed by atoms with E-state index >= 15 is 0 Å². The molecule has 0 radical (unpaired) electrons. The van der Waals surface area contributed by atoms with Crippen molar-refractivity contribution in [2.75, 3.05) is 13.2 Å². The van der Waals surface area contributed by atoms with Crippen LogP contribution in [0, 0.1) is 13.8 Å². The molecule has 0 fully saturated rings. The minimum absolute atomic E-state index is 0.0320. The van der Waals surface area contributed by atoms with Gasteiger partial charge in [0.2, 0.25) is 5.13 Å². The molecule has 0 aliphatic carbocycles. The molecule has 8 heteroatoms. The lowest BCUT2D eigenvalue weighted by molar-refractivity contribution is -0.123. The second-order valence-electron chi connectivity index (χ2n) is 5.80. The molecule has 2 aromatic heterocycles. The second kappa shape index (κ2) is 8.33. The standard InChI is InChI=1S/C18H19ClN4O2S/c1-12-9-13(2)23(22-12)18-21-15(11-26-18)7-8-20-17(24)10-25-16-5-3-14(19)4-6-16/h3-6,9,11H,7-8,10H2,1-2H3,(H,20,24). The zero-order valence-electron chi connectivity index (χ0n) is 14.5. The van der Waals surface area contributed by atoms with Crippen molar-refractivity contribution in [1.29, 1.82) is 0 Å². The maximum absolute atomic E-state index is 11.9. The number of carbonyl (C=O) groups is 1. The van der Waals surface area contributed by atoms with Crippen LogP contribution >= 0.6 is 22.9 Å². The number of thiazole rings is 1. The third-order valence-corrected chi connectivity index (χ3v) is 4.73. The van der Waals surface area contributed by atoms with Gasteiger partial charge in [0.15, 0.2) is 6.61 Å². The Morgan fingerprint density at radius 1 is 1.31 bits per heavy atom. The van der Waals surface area contributed by atoms with Crippen molar-refractivity contribution in [1.82, 2.24) is 20.1 Å². The number of aryl methyl sites for hydroxylation is 2. The van der Waals surface area contributed by atoms with Crippen LogP contribution in [-0.2, 0) is 11.2 Å². The number of hydrogen-bond acceptors (Lipinski definition) is 5. The lowest BCUT2D eigenvalue weighted by atomic mass is 10.3. The van der Waals surface area contributed by atoms with E-state index in [0.29, 0.717) is 23.7 Å². The molecule has 1 aromatic carbocycles. The molecule has 136 valence electrons. The highest BCUT2D eigenvalue weighted by atomic mass is 35.5. The van der Waals surface area contributed by atoms with Gasteiger partial charge in [-0.3, -0.25) is 4.79 Å². The van der Waals surface area contributed by atoms with E-state index in [9.17, 15) is 4.79 Å². The smallest absolute Gasteiger partial charge is 0.257 e. The summed E-state index contributed by atoms with van der Waals surface area (Å²) in [6, 6.07) is 8.91. The number of halogens is 1. The molecule has 26 heavy (non-hydrogen) atoms. The summed E-state index contributed by atoms with van der Waals surface area (Å²) in [5.41, 5.74) is 2.94. The first-order valence-electron chi connectivity index (χ1n) is 8.14. The zero-order chi connectivity index (χ0) is 18.5. The van der Waals surface area contributed by atoms with Gasteiger partial charge in [-0.05, 0) is 44.2 Å². The number of nitrogens with zero attached hydrogens (tertiary/aromatic N) is 3. The number of rotatable bonds is 7. The summed E-state index contributed by atoms with van der Waals surface area (Å²) >= 11 is 7.35. The number of aromatic nitrogens is 3. The summed E-state index contributed by atoms with van der Waals surface area (Å²) in [5, 5.41) is 10.7. The normalized spacial score (nSPS) is 10.7. The molecule has 1 N–H and O–H groups in total. The number of carbonyl (C=O) groups excluding carboxylic acids is 1. The van der Waals surface area contributed by atoms with Crippen LogP contribution in [0.4, 0.5) is 0 Å². The molecule has 3 aromatic rings. The Kier molecular flexibility index (Phi) is 5.90. The molecule has 0 aliphatic rings. The predicted molar refractivity (Wildman–Crippen MR) is 102 cm³/mol. The first-order chi connectivity index (χ1) is 12.5. The number of hydrogen-bond donors (Lipinski definition) is 1. The SMILES string of the molecule is Cc1cc(C)n(-c2nc(CCNC(=O)COc3ccc(Cl)cc3)cs2)n1. The molecule has 0 saturated heterocycles. The van der Waals surface area contributed by atoms with Crippen molar-refractivity contribution in [3.63, 3.8) is 0 Å².